The average molecular weight is 260 g/mol. The third-order valence-electron chi connectivity index (χ3n) is 2.87. The summed E-state index contributed by atoms with van der Waals surface area (Å²) in [6.45, 7) is 2.74. The number of hydrogen-bond donors (Lipinski definition) is 2. The summed E-state index contributed by atoms with van der Waals surface area (Å²) in [5.74, 6) is -0.388. The van der Waals surface area contributed by atoms with Crippen LogP contribution in [0.2, 0.25) is 0 Å². The SMILES string of the molecule is COCCNC(=O)c1c[nH]c2cc(C)ccc2c1=O. The molecule has 1 amide bonds. The lowest BCUT2D eigenvalue weighted by atomic mass is 10.1. The number of pyridine rings is 1. The number of carbonyl (C=O) groups is 1. The molecule has 100 valence electrons. The highest BCUT2D eigenvalue weighted by Crippen LogP contribution is 2.10. The van der Waals surface area contributed by atoms with E-state index < -0.39 is 0 Å². The van der Waals surface area contributed by atoms with Crippen LogP contribution in [0.5, 0.6) is 0 Å². The Labute approximate surface area is 110 Å². The topological polar surface area (TPSA) is 71.2 Å². The zero-order valence-electron chi connectivity index (χ0n) is 10.9. The molecule has 0 aliphatic rings. The maximum absolute atomic E-state index is 12.2. The zero-order valence-corrected chi connectivity index (χ0v) is 10.9. The number of amides is 1. The summed E-state index contributed by atoms with van der Waals surface area (Å²) in [7, 11) is 1.55. The van der Waals surface area contributed by atoms with Gasteiger partial charge in [-0.3, -0.25) is 9.59 Å². The van der Waals surface area contributed by atoms with Gasteiger partial charge in [0, 0.05) is 30.8 Å². The monoisotopic (exact) mass is 260 g/mol. The number of carbonyl (C=O) groups excluding carboxylic acids is 1. The molecule has 0 aliphatic carbocycles. The summed E-state index contributed by atoms with van der Waals surface area (Å²) in [6, 6.07) is 5.46. The van der Waals surface area contributed by atoms with Gasteiger partial charge in [-0.1, -0.05) is 6.07 Å². The molecule has 0 spiro atoms. The van der Waals surface area contributed by atoms with E-state index in [0.29, 0.717) is 18.5 Å². The Bertz CT molecular complexity index is 661. The first-order chi connectivity index (χ1) is 9.13. The van der Waals surface area contributed by atoms with Crippen molar-refractivity contribution >= 4 is 16.8 Å². The molecule has 2 aromatic rings. The van der Waals surface area contributed by atoms with Gasteiger partial charge >= 0.3 is 0 Å². The fourth-order valence-electron chi connectivity index (χ4n) is 1.87. The fourth-order valence-corrected chi connectivity index (χ4v) is 1.87. The molecule has 0 fully saturated rings. The van der Waals surface area contributed by atoms with E-state index in [9.17, 15) is 9.59 Å². The molecule has 0 bridgehead atoms. The van der Waals surface area contributed by atoms with Crippen LogP contribution in [0, 0.1) is 6.92 Å². The average Bonchev–Trinajstić information content (AvgIpc) is 2.39. The molecule has 0 radical (unpaired) electrons. The second kappa shape index (κ2) is 5.67. The Morgan fingerprint density at radius 3 is 2.95 bits per heavy atom. The summed E-state index contributed by atoms with van der Waals surface area (Å²) in [5, 5.41) is 3.15. The lowest BCUT2D eigenvalue weighted by molar-refractivity contribution is 0.0936. The number of aryl methyl sites for hydroxylation is 1. The van der Waals surface area contributed by atoms with E-state index in [0.717, 1.165) is 11.1 Å². The number of rotatable bonds is 4. The maximum Gasteiger partial charge on any atom is 0.256 e. The van der Waals surface area contributed by atoms with Crippen molar-refractivity contribution in [3.05, 3.63) is 45.7 Å². The van der Waals surface area contributed by atoms with Crippen LogP contribution in [0.25, 0.3) is 10.9 Å². The molecule has 2 rings (SSSR count). The molecule has 19 heavy (non-hydrogen) atoms. The highest BCUT2D eigenvalue weighted by molar-refractivity contribution is 5.97. The summed E-state index contributed by atoms with van der Waals surface area (Å²) < 4.78 is 4.84. The third kappa shape index (κ3) is 2.82. The summed E-state index contributed by atoms with van der Waals surface area (Å²) in [4.78, 5) is 27.0. The number of hydrogen-bond acceptors (Lipinski definition) is 3. The zero-order chi connectivity index (χ0) is 13.8. The van der Waals surface area contributed by atoms with Crippen molar-refractivity contribution in [1.82, 2.24) is 10.3 Å². The smallest absolute Gasteiger partial charge is 0.256 e. The minimum Gasteiger partial charge on any atom is -0.383 e. The van der Waals surface area contributed by atoms with Gasteiger partial charge in [0.2, 0.25) is 5.43 Å². The van der Waals surface area contributed by atoms with Crippen LogP contribution in [0.15, 0.2) is 29.2 Å². The summed E-state index contributed by atoms with van der Waals surface area (Å²) in [6.07, 6.45) is 1.45. The van der Waals surface area contributed by atoms with Crippen molar-refractivity contribution in [2.45, 2.75) is 6.92 Å². The Balaban J connectivity index is 2.35. The van der Waals surface area contributed by atoms with Gasteiger partial charge in [-0.15, -0.1) is 0 Å². The highest BCUT2D eigenvalue weighted by atomic mass is 16.5. The second-order valence-electron chi connectivity index (χ2n) is 4.33. The number of fused-ring (bicyclic) bond motifs is 1. The molecule has 2 N–H and O–H groups in total. The van der Waals surface area contributed by atoms with Gasteiger partial charge < -0.3 is 15.0 Å². The van der Waals surface area contributed by atoms with Crippen LogP contribution in [0.4, 0.5) is 0 Å². The molecule has 1 aromatic carbocycles. The summed E-state index contributed by atoms with van der Waals surface area (Å²) in [5.41, 5.74) is 1.65. The van der Waals surface area contributed by atoms with Gasteiger partial charge in [-0.2, -0.15) is 0 Å². The molecule has 0 saturated carbocycles. The molecule has 1 aromatic heterocycles. The molecule has 1 heterocycles. The van der Waals surface area contributed by atoms with Crippen molar-refractivity contribution < 1.29 is 9.53 Å². The van der Waals surface area contributed by atoms with Gasteiger partial charge in [0.25, 0.3) is 5.91 Å². The van der Waals surface area contributed by atoms with Crippen LogP contribution in [0.3, 0.4) is 0 Å². The van der Waals surface area contributed by atoms with Crippen LogP contribution in [-0.2, 0) is 4.74 Å². The first-order valence-corrected chi connectivity index (χ1v) is 6.02. The van der Waals surface area contributed by atoms with Crippen molar-refractivity contribution in [2.24, 2.45) is 0 Å². The van der Waals surface area contributed by atoms with Crippen LogP contribution in [-0.4, -0.2) is 31.2 Å². The van der Waals surface area contributed by atoms with Crippen molar-refractivity contribution in [3.8, 4) is 0 Å². The quantitative estimate of drug-likeness (QED) is 0.812. The molecular formula is C14H16N2O3. The number of nitrogens with one attached hydrogen (secondary N) is 2. The predicted octanol–water partition coefficient (Wildman–Crippen LogP) is 1.21. The predicted molar refractivity (Wildman–Crippen MR) is 73.5 cm³/mol. The minimum absolute atomic E-state index is 0.118. The van der Waals surface area contributed by atoms with E-state index in [2.05, 4.69) is 10.3 Å². The fraction of sp³-hybridized carbons (Fsp3) is 0.286. The van der Waals surface area contributed by atoms with Gasteiger partial charge in [0.05, 0.1) is 6.61 Å². The van der Waals surface area contributed by atoms with Gasteiger partial charge in [0.15, 0.2) is 0 Å². The Morgan fingerprint density at radius 1 is 1.42 bits per heavy atom. The van der Waals surface area contributed by atoms with Crippen LogP contribution >= 0.6 is 0 Å². The molecular weight excluding hydrogens is 244 g/mol. The van der Waals surface area contributed by atoms with Crippen molar-refractivity contribution in [2.75, 3.05) is 20.3 Å². The lowest BCUT2D eigenvalue weighted by Crippen LogP contribution is -2.31. The Morgan fingerprint density at radius 2 is 2.21 bits per heavy atom. The van der Waals surface area contributed by atoms with Crippen molar-refractivity contribution in [1.29, 1.82) is 0 Å². The number of aromatic amines is 1. The first kappa shape index (κ1) is 13.3. The van der Waals surface area contributed by atoms with E-state index >= 15 is 0 Å². The Kier molecular flexibility index (Phi) is 3.97. The lowest BCUT2D eigenvalue weighted by Gasteiger charge is -2.05. The highest BCUT2D eigenvalue weighted by Gasteiger charge is 2.12. The van der Waals surface area contributed by atoms with Crippen molar-refractivity contribution in [3.63, 3.8) is 0 Å². The van der Waals surface area contributed by atoms with E-state index in [1.54, 1.807) is 13.2 Å². The number of aromatic nitrogens is 1. The van der Waals surface area contributed by atoms with E-state index in [-0.39, 0.29) is 16.9 Å². The number of ether oxygens (including phenoxy) is 1. The van der Waals surface area contributed by atoms with E-state index in [1.807, 2.05) is 19.1 Å². The van der Waals surface area contributed by atoms with Crippen LogP contribution < -0.4 is 10.7 Å². The third-order valence-corrected chi connectivity index (χ3v) is 2.87. The molecule has 5 nitrogen and oxygen atoms in total. The largest absolute Gasteiger partial charge is 0.383 e. The number of benzene rings is 1. The molecule has 0 aliphatic heterocycles. The molecule has 0 atom stereocenters. The standard InChI is InChI=1S/C14H16N2O3/c1-9-3-4-10-12(7-9)16-8-11(13(10)17)14(18)15-5-6-19-2/h3-4,7-8H,5-6H2,1-2H3,(H,15,18)(H,16,17). The molecule has 5 heteroatoms. The maximum atomic E-state index is 12.2. The van der Waals surface area contributed by atoms with Crippen LogP contribution in [0.1, 0.15) is 15.9 Å². The molecule has 0 unspecified atom stereocenters. The second-order valence-corrected chi connectivity index (χ2v) is 4.33. The van der Waals surface area contributed by atoms with Gasteiger partial charge in [-0.25, -0.2) is 0 Å². The Hall–Kier alpha value is -2.14. The number of methoxy groups -OCH3 is 1. The molecule has 0 saturated heterocycles. The normalized spacial score (nSPS) is 10.6. The van der Waals surface area contributed by atoms with Gasteiger partial charge in [-0.05, 0) is 24.6 Å². The van der Waals surface area contributed by atoms with Gasteiger partial charge in [0.1, 0.15) is 5.56 Å². The minimum atomic E-state index is -0.388. The van der Waals surface area contributed by atoms with E-state index in [4.69, 9.17) is 4.74 Å². The van der Waals surface area contributed by atoms with E-state index in [1.165, 1.54) is 6.20 Å². The first-order valence-electron chi connectivity index (χ1n) is 6.02. The summed E-state index contributed by atoms with van der Waals surface area (Å²) >= 11 is 0. The number of H-pyrrole nitrogens is 1.